The number of carbonyl (C=O) groups is 3. The van der Waals surface area contributed by atoms with E-state index in [0.717, 1.165) is 26.8 Å². The number of carbonyl (C=O) groups excluding carboxylic acids is 3. The summed E-state index contributed by atoms with van der Waals surface area (Å²) in [5.41, 5.74) is -0.962. The van der Waals surface area contributed by atoms with Crippen LogP contribution in [0, 0.1) is 11.6 Å². The molecule has 0 spiro atoms. The maximum Gasteiger partial charge on any atom is 0.418 e. The molecule has 35 heavy (non-hydrogen) atoms. The molecule has 0 unspecified atom stereocenters. The molecular weight excluding hydrogens is 486 g/mol. The van der Waals surface area contributed by atoms with Crippen LogP contribution in [0.4, 0.5) is 29.9 Å². The second-order valence-electron chi connectivity index (χ2n) is 8.76. The van der Waals surface area contributed by atoms with Crippen LogP contribution in [0.2, 0.25) is 5.02 Å². The van der Waals surface area contributed by atoms with Gasteiger partial charge < -0.3 is 14.0 Å². The van der Waals surface area contributed by atoms with Gasteiger partial charge >= 0.3 is 12.1 Å². The molecule has 3 aromatic rings. The fourth-order valence-corrected chi connectivity index (χ4v) is 3.78. The van der Waals surface area contributed by atoms with Gasteiger partial charge in [-0.15, -0.1) is 0 Å². The zero-order valence-electron chi connectivity index (χ0n) is 19.2. The Labute approximate surface area is 203 Å². The number of nitrogens with zero attached hydrogens (tertiary/aromatic N) is 6. The average molecular weight is 507 g/mol. The maximum absolute atomic E-state index is 14.7. The Balaban J connectivity index is 1.77. The van der Waals surface area contributed by atoms with Crippen molar-refractivity contribution in [1.29, 1.82) is 0 Å². The lowest BCUT2D eigenvalue weighted by Gasteiger charge is -2.26. The molecule has 10 nitrogen and oxygen atoms in total. The minimum Gasteiger partial charge on any atom is -0.443 e. The predicted octanol–water partition coefficient (Wildman–Crippen LogP) is 3.87. The van der Waals surface area contributed by atoms with Gasteiger partial charge in [0.05, 0.1) is 12.2 Å². The first kappa shape index (κ1) is 24.3. The van der Waals surface area contributed by atoms with Crippen LogP contribution in [-0.2, 0) is 9.53 Å². The number of imidazole rings is 1. The minimum absolute atomic E-state index is 0.0120. The van der Waals surface area contributed by atoms with Crippen LogP contribution in [0.3, 0.4) is 0 Å². The van der Waals surface area contributed by atoms with Crippen molar-refractivity contribution < 1.29 is 27.9 Å². The topological polar surface area (TPSA) is 100 Å². The molecule has 4 rings (SSSR count). The van der Waals surface area contributed by atoms with E-state index in [1.54, 1.807) is 37.6 Å². The molecule has 1 aliphatic rings. The van der Waals surface area contributed by atoms with Crippen LogP contribution in [0.1, 0.15) is 20.8 Å². The first-order valence-electron chi connectivity index (χ1n) is 10.4. The monoisotopic (exact) mass is 506 g/mol. The van der Waals surface area contributed by atoms with E-state index in [-0.39, 0.29) is 17.2 Å². The van der Waals surface area contributed by atoms with Crippen LogP contribution < -0.4 is 9.80 Å². The zero-order chi connectivity index (χ0) is 25.7. The van der Waals surface area contributed by atoms with Crippen LogP contribution in [0.15, 0.2) is 36.9 Å². The first-order valence-corrected chi connectivity index (χ1v) is 10.8. The first-order chi connectivity index (χ1) is 16.4. The van der Waals surface area contributed by atoms with Gasteiger partial charge in [-0.2, -0.15) is 0 Å². The smallest absolute Gasteiger partial charge is 0.418 e. The Morgan fingerprint density at radius 3 is 2.49 bits per heavy atom. The van der Waals surface area contributed by atoms with E-state index in [4.69, 9.17) is 16.3 Å². The SMILES string of the molecule is CN(C(=O)[C@@H]1CN(C(=O)OC(C)(C)C)C(=O)N1c1nccn2ccnc12)c1ccc(F)c(Cl)c1F. The molecule has 1 atom stereocenters. The summed E-state index contributed by atoms with van der Waals surface area (Å²) in [4.78, 5) is 50.8. The lowest BCUT2D eigenvalue weighted by molar-refractivity contribution is -0.119. The van der Waals surface area contributed by atoms with Crippen molar-refractivity contribution in [2.24, 2.45) is 0 Å². The van der Waals surface area contributed by atoms with Crippen molar-refractivity contribution in [3.63, 3.8) is 0 Å². The Hall–Kier alpha value is -3.80. The molecule has 2 aromatic heterocycles. The average Bonchev–Trinajstić information content (AvgIpc) is 3.40. The van der Waals surface area contributed by atoms with Crippen molar-refractivity contribution >= 4 is 46.8 Å². The number of amides is 4. The number of hydrogen-bond donors (Lipinski definition) is 0. The number of anilines is 2. The third kappa shape index (κ3) is 4.36. The standard InChI is InChI=1S/C22H21ClF2N6O4/c1-22(2,3)35-21(34)30-11-14(19(32)28(4)13-6-5-12(24)15(23)16(13)25)31(20(30)33)18-17-26-7-9-29(17)10-8-27-18/h5-10,14H,11H2,1-4H3/t14-/m0/s1. The third-order valence-electron chi connectivity index (χ3n) is 5.23. The highest BCUT2D eigenvalue weighted by atomic mass is 35.5. The zero-order valence-corrected chi connectivity index (χ0v) is 20.0. The summed E-state index contributed by atoms with van der Waals surface area (Å²) in [6.45, 7) is 4.49. The Morgan fingerprint density at radius 1 is 1.17 bits per heavy atom. The molecule has 13 heteroatoms. The summed E-state index contributed by atoms with van der Waals surface area (Å²) in [5, 5.41) is -0.777. The molecule has 0 saturated carbocycles. The van der Waals surface area contributed by atoms with Gasteiger partial charge in [0, 0.05) is 31.8 Å². The number of rotatable bonds is 3. The lowest BCUT2D eigenvalue weighted by Crippen LogP contribution is -2.47. The van der Waals surface area contributed by atoms with Gasteiger partial charge in [-0.1, -0.05) is 11.6 Å². The van der Waals surface area contributed by atoms with E-state index in [0.29, 0.717) is 0 Å². The normalized spacial score (nSPS) is 16.2. The predicted molar refractivity (Wildman–Crippen MR) is 122 cm³/mol. The van der Waals surface area contributed by atoms with Crippen LogP contribution in [-0.4, -0.2) is 62.5 Å². The molecule has 3 heterocycles. The highest BCUT2D eigenvalue weighted by molar-refractivity contribution is 6.31. The molecule has 0 aliphatic carbocycles. The quantitative estimate of drug-likeness (QED) is 0.500. The van der Waals surface area contributed by atoms with E-state index < -0.39 is 52.9 Å². The summed E-state index contributed by atoms with van der Waals surface area (Å²) in [6.07, 6.45) is 5.13. The molecule has 0 bridgehead atoms. The van der Waals surface area contributed by atoms with Crippen molar-refractivity contribution in [1.82, 2.24) is 19.3 Å². The molecule has 4 amide bonds. The number of halogens is 3. The Kier molecular flexibility index (Phi) is 6.09. The van der Waals surface area contributed by atoms with Gasteiger partial charge in [0.2, 0.25) is 0 Å². The molecule has 1 saturated heterocycles. The number of likely N-dealkylation sites (N-methyl/N-ethyl adjacent to an activating group) is 1. The number of ether oxygens (including phenoxy) is 1. The van der Waals surface area contributed by atoms with Crippen LogP contribution >= 0.6 is 11.6 Å². The second-order valence-corrected chi connectivity index (χ2v) is 9.14. The number of urea groups is 1. The van der Waals surface area contributed by atoms with Crippen LogP contribution in [0.25, 0.3) is 5.65 Å². The second kappa shape index (κ2) is 8.77. The number of aromatic nitrogens is 3. The maximum atomic E-state index is 14.7. The number of benzene rings is 1. The Bertz CT molecular complexity index is 1340. The highest BCUT2D eigenvalue weighted by Gasteiger charge is 2.49. The van der Waals surface area contributed by atoms with E-state index in [1.807, 2.05) is 0 Å². The molecule has 1 aliphatic heterocycles. The highest BCUT2D eigenvalue weighted by Crippen LogP contribution is 2.32. The van der Waals surface area contributed by atoms with Crippen molar-refractivity contribution in [3.05, 3.63) is 53.6 Å². The van der Waals surface area contributed by atoms with Gasteiger partial charge in [-0.05, 0) is 32.9 Å². The number of imide groups is 1. The number of fused-ring (bicyclic) bond motifs is 1. The van der Waals surface area contributed by atoms with Crippen molar-refractivity contribution in [3.8, 4) is 0 Å². The molecule has 0 radical (unpaired) electrons. The van der Waals surface area contributed by atoms with Crippen molar-refractivity contribution in [2.45, 2.75) is 32.4 Å². The molecule has 0 N–H and O–H groups in total. The summed E-state index contributed by atoms with van der Waals surface area (Å²) in [7, 11) is 1.25. The summed E-state index contributed by atoms with van der Waals surface area (Å²) in [6, 6.07) is -0.220. The van der Waals surface area contributed by atoms with Gasteiger partial charge in [-0.25, -0.2) is 33.2 Å². The molecule has 1 fully saturated rings. The van der Waals surface area contributed by atoms with E-state index in [9.17, 15) is 23.2 Å². The summed E-state index contributed by atoms with van der Waals surface area (Å²) < 4.78 is 35.2. The number of hydrogen-bond acceptors (Lipinski definition) is 6. The largest absolute Gasteiger partial charge is 0.443 e. The molecule has 1 aromatic carbocycles. The van der Waals surface area contributed by atoms with E-state index in [1.165, 1.54) is 19.4 Å². The van der Waals surface area contributed by atoms with E-state index >= 15 is 0 Å². The fraction of sp³-hybridized carbons (Fsp3) is 0.318. The Morgan fingerprint density at radius 2 is 1.83 bits per heavy atom. The fourth-order valence-electron chi connectivity index (χ4n) is 3.62. The van der Waals surface area contributed by atoms with Gasteiger partial charge in [0.15, 0.2) is 17.3 Å². The summed E-state index contributed by atoms with van der Waals surface area (Å²) >= 11 is 5.68. The van der Waals surface area contributed by atoms with Gasteiger partial charge in [-0.3, -0.25) is 9.69 Å². The van der Waals surface area contributed by atoms with Gasteiger partial charge in [0.25, 0.3) is 5.91 Å². The van der Waals surface area contributed by atoms with Crippen LogP contribution in [0.5, 0.6) is 0 Å². The van der Waals surface area contributed by atoms with Crippen molar-refractivity contribution in [2.75, 3.05) is 23.4 Å². The van der Waals surface area contributed by atoms with Gasteiger partial charge in [0.1, 0.15) is 22.5 Å². The minimum atomic E-state index is -1.32. The molecular formula is C22H21ClF2N6O4. The third-order valence-corrected chi connectivity index (χ3v) is 5.58. The van der Waals surface area contributed by atoms with E-state index in [2.05, 4.69) is 9.97 Å². The lowest BCUT2D eigenvalue weighted by atomic mass is 10.2. The summed E-state index contributed by atoms with van der Waals surface area (Å²) in [5.74, 6) is -2.90. The molecule has 184 valence electrons.